The van der Waals surface area contributed by atoms with E-state index in [1.54, 1.807) is 18.0 Å². The molecule has 0 radical (unpaired) electrons. The molecule has 0 saturated heterocycles. The molecule has 29 heavy (non-hydrogen) atoms. The lowest BCUT2D eigenvalue weighted by Crippen LogP contribution is -2.27. The van der Waals surface area contributed by atoms with Gasteiger partial charge in [0, 0.05) is 18.7 Å². The topological polar surface area (TPSA) is 84.7 Å². The minimum Gasteiger partial charge on any atom is -0.369 e. The van der Waals surface area contributed by atoms with Gasteiger partial charge in [-0.25, -0.2) is 14.6 Å². The largest absolute Gasteiger partial charge is 0.369 e. The molecule has 2 N–H and O–H groups in total. The van der Waals surface area contributed by atoms with Crippen LogP contribution < -0.4 is 10.6 Å². The molecule has 154 valence electrons. The Morgan fingerprint density at radius 3 is 2.69 bits per heavy atom. The summed E-state index contributed by atoms with van der Waals surface area (Å²) in [5, 5.41) is 12.5. The minimum absolute atomic E-state index is 0.0771. The Kier molecular flexibility index (Phi) is 7.09. The van der Waals surface area contributed by atoms with Gasteiger partial charge in [0.05, 0.1) is 18.1 Å². The lowest BCUT2D eigenvalue weighted by Gasteiger charge is -2.10. The molecule has 0 unspecified atom stereocenters. The van der Waals surface area contributed by atoms with Crippen LogP contribution in [-0.2, 0) is 6.54 Å². The Bertz CT molecular complexity index is 1000. The van der Waals surface area contributed by atoms with Crippen LogP contribution in [0.15, 0.2) is 29.6 Å². The molecule has 0 fully saturated rings. The summed E-state index contributed by atoms with van der Waals surface area (Å²) in [6.07, 6.45) is 2.80. The van der Waals surface area contributed by atoms with Crippen LogP contribution in [0.25, 0.3) is 11.0 Å². The van der Waals surface area contributed by atoms with Gasteiger partial charge < -0.3 is 10.6 Å². The monoisotopic (exact) mass is 412 g/mol. The number of carbonyl (C=O) groups excluding carboxylic acids is 1. The molecule has 0 aliphatic rings. The highest BCUT2D eigenvalue weighted by atomic mass is 32.2. The first-order valence-electron chi connectivity index (χ1n) is 9.99. The van der Waals surface area contributed by atoms with Crippen molar-refractivity contribution in [1.29, 1.82) is 0 Å². The summed E-state index contributed by atoms with van der Waals surface area (Å²) in [6, 6.07) is 5.75. The van der Waals surface area contributed by atoms with E-state index in [-0.39, 0.29) is 5.91 Å². The zero-order chi connectivity index (χ0) is 20.8. The third-order valence-corrected chi connectivity index (χ3v) is 5.40. The fourth-order valence-corrected chi connectivity index (χ4v) is 3.50. The maximum atomic E-state index is 12.4. The fraction of sp³-hybridized carbons (Fsp3) is 0.429. The molecule has 0 bridgehead atoms. The maximum absolute atomic E-state index is 12.4. The van der Waals surface area contributed by atoms with Crippen molar-refractivity contribution in [2.24, 2.45) is 0 Å². The fourth-order valence-electron chi connectivity index (χ4n) is 2.93. The lowest BCUT2D eigenvalue weighted by atomic mass is 10.1. The Morgan fingerprint density at radius 1 is 1.14 bits per heavy atom. The van der Waals surface area contributed by atoms with E-state index in [2.05, 4.69) is 39.5 Å². The highest BCUT2D eigenvalue weighted by molar-refractivity contribution is 7.99. The van der Waals surface area contributed by atoms with E-state index >= 15 is 0 Å². The average Bonchev–Trinajstić information content (AvgIpc) is 3.11. The molecule has 2 heterocycles. The molecule has 0 spiro atoms. The van der Waals surface area contributed by atoms with E-state index in [0.717, 1.165) is 46.3 Å². The molecule has 1 amide bonds. The lowest BCUT2D eigenvalue weighted by molar-refractivity contribution is 0.0952. The maximum Gasteiger partial charge on any atom is 0.251 e. The van der Waals surface area contributed by atoms with Gasteiger partial charge in [0.25, 0.3) is 5.91 Å². The first kappa shape index (κ1) is 21.1. The Morgan fingerprint density at radius 2 is 1.97 bits per heavy atom. The molecule has 0 saturated carbocycles. The van der Waals surface area contributed by atoms with Gasteiger partial charge in [0.15, 0.2) is 10.8 Å². The van der Waals surface area contributed by atoms with Gasteiger partial charge in [-0.1, -0.05) is 31.7 Å². The van der Waals surface area contributed by atoms with Crippen molar-refractivity contribution < 1.29 is 4.79 Å². The van der Waals surface area contributed by atoms with Crippen LogP contribution in [0.1, 0.15) is 41.8 Å². The molecule has 3 aromatic rings. The van der Waals surface area contributed by atoms with Crippen molar-refractivity contribution in [3.05, 3.63) is 41.1 Å². The van der Waals surface area contributed by atoms with Crippen LogP contribution in [0.5, 0.6) is 0 Å². The van der Waals surface area contributed by atoms with E-state index in [9.17, 15) is 4.79 Å². The number of nitrogens with zero attached hydrogens (tertiary/aromatic N) is 4. The Balaban J connectivity index is 1.73. The molecule has 8 heteroatoms. The van der Waals surface area contributed by atoms with Crippen molar-refractivity contribution in [2.75, 3.05) is 24.2 Å². The SMILES string of the molecule is CCCNc1nc(SCC)nc2c1cnn2CCNC(=O)c1ccc(C)c(C)c1. The molecule has 0 aliphatic heterocycles. The summed E-state index contributed by atoms with van der Waals surface area (Å²) in [5.74, 6) is 1.64. The summed E-state index contributed by atoms with van der Waals surface area (Å²) in [7, 11) is 0. The summed E-state index contributed by atoms with van der Waals surface area (Å²) in [6.45, 7) is 10.1. The Labute approximate surface area is 175 Å². The van der Waals surface area contributed by atoms with Gasteiger partial charge in [-0.05, 0) is 49.3 Å². The Hall–Kier alpha value is -2.61. The van der Waals surface area contributed by atoms with Crippen molar-refractivity contribution in [2.45, 2.75) is 45.8 Å². The normalized spacial score (nSPS) is 11.0. The summed E-state index contributed by atoms with van der Waals surface area (Å²) in [5.41, 5.74) is 3.75. The first-order chi connectivity index (χ1) is 14.0. The first-order valence-corrected chi connectivity index (χ1v) is 11.0. The van der Waals surface area contributed by atoms with E-state index in [1.165, 1.54) is 5.56 Å². The number of hydrogen-bond donors (Lipinski definition) is 2. The van der Waals surface area contributed by atoms with Gasteiger partial charge in [-0.3, -0.25) is 4.79 Å². The number of benzene rings is 1. The number of rotatable bonds is 9. The number of amides is 1. The third-order valence-electron chi connectivity index (χ3n) is 4.67. The predicted octanol–water partition coefficient (Wildman–Crippen LogP) is 3.81. The number of hydrogen-bond acceptors (Lipinski definition) is 6. The van der Waals surface area contributed by atoms with Gasteiger partial charge in [0.2, 0.25) is 0 Å². The molecule has 0 aliphatic carbocycles. The second-order valence-corrected chi connectivity index (χ2v) is 8.11. The van der Waals surface area contributed by atoms with E-state index < -0.39 is 0 Å². The molecule has 2 aromatic heterocycles. The van der Waals surface area contributed by atoms with Crippen molar-refractivity contribution >= 4 is 34.5 Å². The van der Waals surface area contributed by atoms with Crippen LogP contribution in [0.3, 0.4) is 0 Å². The van der Waals surface area contributed by atoms with Gasteiger partial charge >= 0.3 is 0 Å². The van der Waals surface area contributed by atoms with Crippen molar-refractivity contribution in [3.8, 4) is 0 Å². The predicted molar refractivity (Wildman–Crippen MR) is 119 cm³/mol. The average molecular weight is 413 g/mol. The minimum atomic E-state index is -0.0771. The van der Waals surface area contributed by atoms with Gasteiger partial charge in [0.1, 0.15) is 5.82 Å². The van der Waals surface area contributed by atoms with Crippen molar-refractivity contribution in [1.82, 2.24) is 25.1 Å². The number of nitrogens with one attached hydrogen (secondary N) is 2. The summed E-state index contributed by atoms with van der Waals surface area (Å²) < 4.78 is 1.83. The number of aromatic nitrogens is 4. The molecular formula is C21H28N6OS. The third kappa shape index (κ3) is 5.06. The van der Waals surface area contributed by atoms with Crippen LogP contribution in [-0.4, -0.2) is 44.5 Å². The quantitative estimate of drug-likeness (QED) is 0.411. The molecule has 3 rings (SSSR count). The number of thioether (sulfide) groups is 1. The second kappa shape index (κ2) is 9.73. The molecule has 1 aromatic carbocycles. The zero-order valence-corrected chi connectivity index (χ0v) is 18.3. The highest BCUT2D eigenvalue weighted by Gasteiger charge is 2.13. The smallest absolute Gasteiger partial charge is 0.251 e. The van der Waals surface area contributed by atoms with E-state index in [4.69, 9.17) is 0 Å². The number of anilines is 1. The van der Waals surface area contributed by atoms with Crippen LogP contribution in [0.2, 0.25) is 0 Å². The molecule has 0 atom stereocenters. The zero-order valence-electron chi connectivity index (χ0n) is 17.5. The summed E-state index contributed by atoms with van der Waals surface area (Å²) in [4.78, 5) is 21.7. The van der Waals surface area contributed by atoms with E-state index in [0.29, 0.717) is 18.7 Å². The van der Waals surface area contributed by atoms with E-state index in [1.807, 2.05) is 36.7 Å². The van der Waals surface area contributed by atoms with Crippen molar-refractivity contribution in [3.63, 3.8) is 0 Å². The standard InChI is InChI=1S/C21H28N6OS/c1-5-9-22-18-17-13-24-27(19(17)26-21(25-18)29-6-2)11-10-23-20(28)16-8-7-14(3)15(4)12-16/h7-8,12-13H,5-6,9-11H2,1-4H3,(H,23,28)(H,22,25,26). The number of carbonyl (C=O) groups is 1. The van der Waals surface area contributed by atoms with Crippen LogP contribution in [0.4, 0.5) is 5.82 Å². The number of aryl methyl sites for hydroxylation is 2. The van der Waals surface area contributed by atoms with Crippen LogP contribution >= 0.6 is 11.8 Å². The molecule has 7 nitrogen and oxygen atoms in total. The highest BCUT2D eigenvalue weighted by Crippen LogP contribution is 2.24. The molecular weight excluding hydrogens is 384 g/mol. The van der Waals surface area contributed by atoms with Gasteiger partial charge in [-0.2, -0.15) is 5.10 Å². The van der Waals surface area contributed by atoms with Crippen LogP contribution in [0, 0.1) is 13.8 Å². The van der Waals surface area contributed by atoms with Gasteiger partial charge in [-0.15, -0.1) is 0 Å². The second-order valence-electron chi connectivity index (χ2n) is 6.87. The summed E-state index contributed by atoms with van der Waals surface area (Å²) >= 11 is 1.61. The number of fused-ring (bicyclic) bond motifs is 1.